The minimum absolute atomic E-state index is 0.00759. The van der Waals surface area contributed by atoms with Crippen LogP contribution < -0.4 is 5.32 Å². The Hall–Kier alpha value is -1.89. The molecular weight excluding hydrogens is 292 g/mol. The standard InChI is InChI=1S/C14H18N2O4S/c17-12(8-15-14(20)11-4-2-6-21-11)16-5-1-3-10(9-16)7-13(18)19/h2,4,6,10H,1,3,5,7-9H2,(H,15,20)(H,18,19). The van der Waals surface area contributed by atoms with Crippen LogP contribution in [0.3, 0.4) is 0 Å². The fourth-order valence-electron chi connectivity index (χ4n) is 2.47. The predicted octanol–water partition coefficient (Wildman–Crippen LogP) is 1.19. The lowest BCUT2D eigenvalue weighted by Crippen LogP contribution is -2.45. The summed E-state index contributed by atoms with van der Waals surface area (Å²) in [5.41, 5.74) is 0. The molecule has 0 radical (unpaired) electrons. The zero-order chi connectivity index (χ0) is 15.2. The second-order valence-corrected chi connectivity index (χ2v) is 6.05. The highest BCUT2D eigenvalue weighted by atomic mass is 32.1. The molecule has 6 nitrogen and oxygen atoms in total. The molecule has 2 rings (SSSR count). The van der Waals surface area contributed by atoms with Gasteiger partial charge in [0.15, 0.2) is 0 Å². The minimum atomic E-state index is -0.833. The van der Waals surface area contributed by atoms with Crippen LogP contribution >= 0.6 is 11.3 Å². The zero-order valence-corrected chi connectivity index (χ0v) is 12.4. The van der Waals surface area contributed by atoms with Crippen LogP contribution in [0.4, 0.5) is 0 Å². The quantitative estimate of drug-likeness (QED) is 0.855. The largest absolute Gasteiger partial charge is 0.481 e. The highest BCUT2D eigenvalue weighted by molar-refractivity contribution is 7.12. The number of likely N-dealkylation sites (tertiary alicyclic amines) is 1. The number of hydrogen-bond acceptors (Lipinski definition) is 4. The smallest absolute Gasteiger partial charge is 0.303 e. The first-order valence-electron chi connectivity index (χ1n) is 6.87. The predicted molar refractivity (Wildman–Crippen MR) is 78.2 cm³/mol. The van der Waals surface area contributed by atoms with E-state index >= 15 is 0 Å². The Bertz CT molecular complexity index is 515. The molecule has 1 aliphatic rings. The van der Waals surface area contributed by atoms with Crippen molar-refractivity contribution in [3.05, 3.63) is 22.4 Å². The second-order valence-electron chi connectivity index (χ2n) is 5.11. The maximum absolute atomic E-state index is 12.1. The van der Waals surface area contributed by atoms with E-state index in [0.717, 1.165) is 12.8 Å². The molecule has 1 atom stereocenters. The third-order valence-corrected chi connectivity index (χ3v) is 4.35. The molecule has 1 aromatic rings. The van der Waals surface area contributed by atoms with E-state index in [1.54, 1.807) is 22.4 Å². The van der Waals surface area contributed by atoms with Crippen LogP contribution in [-0.2, 0) is 9.59 Å². The van der Waals surface area contributed by atoms with Crippen LogP contribution in [0.5, 0.6) is 0 Å². The van der Waals surface area contributed by atoms with Crippen LogP contribution in [0, 0.1) is 5.92 Å². The summed E-state index contributed by atoms with van der Waals surface area (Å²) in [7, 11) is 0. The van der Waals surface area contributed by atoms with Crippen LogP contribution in [0.15, 0.2) is 17.5 Å². The van der Waals surface area contributed by atoms with Crippen LogP contribution in [-0.4, -0.2) is 47.4 Å². The molecule has 2 heterocycles. The van der Waals surface area contributed by atoms with Crippen molar-refractivity contribution in [2.24, 2.45) is 5.92 Å². The number of amides is 2. The molecule has 2 amide bonds. The number of aliphatic carboxylic acids is 1. The topological polar surface area (TPSA) is 86.7 Å². The van der Waals surface area contributed by atoms with Crippen molar-refractivity contribution in [2.45, 2.75) is 19.3 Å². The lowest BCUT2D eigenvalue weighted by molar-refractivity contribution is -0.140. The van der Waals surface area contributed by atoms with Crippen LogP contribution in [0.1, 0.15) is 28.9 Å². The lowest BCUT2D eigenvalue weighted by Gasteiger charge is -2.32. The molecule has 1 fully saturated rings. The summed E-state index contributed by atoms with van der Waals surface area (Å²) >= 11 is 1.32. The number of carbonyl (C=O) groups is 3. The SMILES string of the molecule is O=C(O)CC1CCCN(C(=O)CNC(=O)c2cccs2)C1. The summed E-state index contributed by atoms with van der Waals surface area (Å²) in [5.74, 6) is -1.24. The van der Waals surface area contributed by atoms with E-state index in [1.807, 2.05) is 0 Å². The molecule has 0 saturated carbocycles. The number of rotatable bonds is 5. The molecular formula is C14H18N2O4S. The molecule has 7 heteroatoms. The van der Waals surface area contributed by atoms with Gasteiger partial charge >= 0.3 is 5.97 Å². The number of thiophene rings is 1. The first kappa shape index (κ1) is 15.5. The zero-order valence-electron chi connectivity index (χ0n) is 11.6. The van der Waals surface area contributed by atoms with Crippen molar-refractivity contribution in [1.29, 1.82) is 0 Å². The number of nitrogens with one attached hydrogen (secondary N) is 1. The van der Waals surface area contributed by atoms with Crippen molar-refractivity contribution in [3.63, 3.8) is 0 Å². The van der Waals surface area contributed by atoms with E-state index in [1.165, 1.54) is 11.3 Å². The Morgan fingerprint density at radius 1 is 1.43 bits per heavy atom. The molecule has 1 unspecified atom stereocenters. The third-order valence-electron chi connectivity index (χ3n) is 3.48. The summed E-state index contributed by atoms with van der Waals surface area (Å²) in [6.07, 6.45) is 1.73. The van der Waals surface area contributed by atoms with Gasteiger partial charge in [-0.2, -0.15) is 0 Å². The fourth-order valence-corrected chi connectivity index (χ4v) is 3.11. The third kappa shape index (κ3) is 4.56. The van der Waals surface area contributed by atoms with Gasteiger partial charge in [0.2, 0.25) is 5.91 Å². The van der Waals surface area contributed by atoms with E-state index in [0.29, 0.717) is 18.0 Å². The Balaban J connectivity index is 1.80. The van der Waals surface area contributed by atoms with Gasteiger partial charge in [-0.25, -0.2) is 0 Å². The summed E-state index contributed by atoms with van der Waals surface area (Å²) in [6.45, 7) is 1.04. The van der Waals surface area contributed by atoms with Gasteiger partial charge in [0.1, 0.15) is 0 Å². The molecule has 2 N–H and O–H groups in total. The number of carbonyl (C=O) groups excluding carboxylic acids is 2. The monoisotopic (exact) mass is 310 g/mol. The molecule has 1 saturated heterocycles. The summed E-state index contributed by atoms with van der Waals surface area (Å²) in [5, 5.41) is 13.2. The summed E-state index contributed by atoms with van der Waals surface area (Å²) < 4.78 is 0. The molecule has 0 spiro atoms. The van der Waals surface area contributed by atoms with Gasteiger partial charge in [-0.05, 0) is 30.2 Å². The number of nitrogens with zero attached hydrogens (tertiary/aromatic N) is 1. The summed E-state index contributed by atoms with van der Waals surface area (Å²) in [4.78, 5) is 36.8. The van der Waals surface area contributed by atoms with Crippen molar-refractivity contribution < 1.29 is 19.5 Å². The minimum Gasteiger partial charge on any atom is -0.481 e. The number of piperidine rings is 1. The Morgan fingerprint density at radius 3 is 2.90 bits per heavy atom. The highest BCUT2D eigenvalue weighted by Gasteiger charge is 2.25. The molecule has 0 bridgehead atoms. The first-order chi connectivity index (χ1) is 10.1. The van der Waals surface area contributed by atoms with Crippen molar-refractivity contribution >= 4 is 29.1 Å². The molecule has 114 valence electrons. The Labute approximate surface area is 126 Å². The van der Waals surface area contributed by atoms with E-state index < -0.39 is 5.97 Å². The molecule has 0 aliphatic carbocycles. The average molecular weight is 310 g/mol. The molecule has 1 aromatic heterocycles. The van der Waals surface area contributed by atoms with E-state index in [4.69, 9.17) is 5.11 Å². The number of carboxylic acids is 1. The van der Waals surface area contributed by atoms with E-state index in [9.17, 15) is 14.4 Å². The van der Waals surface area contributed by atoms with Crippen LogP contribution in [0.2, 0.25) is 0 Å². The lowest BCUT2D eigenvalue weighted by atomic mass is 9.95. The van der Waals surface area contributed by atoms with Gasteiger partial charge in [-0.1, -0.05) is 6.07 Å². The van der Waals surface area contributed by atoms with Gasteiger partial charge < -0.3 is 15.3 Å². The van der Waals surface area contributed by atoms with Gasteiger partial charge in [-0.15, -0.1) is 11.3 Å². The normalized spacial score (nSPS) is 18.3. The molecule has 1 aliphatic heterocycles. The van der Waals surface area contributed by atoms with Crippen LogP contribution in [0.25, 0.3) is 0 Å². The van der Waals surface area contributed by atoms with Crippen molar-refractivity contribution in [2.75, 3.05) is 19.6 Å². The molecule has 0 aromatic carbocycles. The maximum atomic E-state index is 12.1. The fraction of sp³-hybridized carbons (Fsp3) is 0.500. The Morgan fingerprint density at radius 2 is 2.24 bits per heavy atom. The van der Waals surface area contributed by atoms with E-state index in [2.05, 4.69) is 5.32 Å². The number of carboxylic acid groups (broad SMARTS) is 1. The van der Waals surface area contributed by atoms with Crippen molar-refractivity contribution in [1.82, 2.24) is 10.2 Å². The highest BCUT2D eigenvalue weighted by Crippen LogP contribution is 2.19. The number of hydrogen-bond donors (Lipinski definition) is 2. The van der Waals surface area contributed by atoms with Gasteiger partial charge in [-0.3, -0.25) is 14.4 Å². The average Bonchev–Trinajstić information content (AvgIpc) is 2.98. The van der Waals surface area contributed by atoms with E-state index in [-0.39, 0.29) is 30.7 Å². The van der Waals surface area contributed by atoms with Gasteiger partial charge in [0.05, 0.1) is 11.4 Å². The van der Waals surface area contributed by atoms with Crippen molar-refractivity contribution in [3.8, 4) is 0 Å². The maximum Gasteiger partial charge on any atom is 0.303 e. The Kier molecular flexibility index (Phi) is 5.32. The second kappa shape index (κ2) is 7.21. The molecule has 21 heavy (non-hydrogen) atoms. The first-order valence-corrected chi connectivity index (χ1v) is 7.75. The summed E-state index contributed by atoms with van der Waals surface area (Å²) in [6, 6.07) is 3.48. The van der Waals surface area contributed by atoms with Gasteiger partial charge in [0, 0.05) is 19.5 Å². The van der Waals surface area contributed by atoms with Gasteiger partial charge in [0.25, 0.3) is 5.91 Å².